The van der Waals surface area contributed by atoms with Crippen molar-refractivity contribution >= 4 is 48.2 Å². The second kappa shape index (κ2) is 14.9. The highest BCUT2D eigenvalue weighted by Gasteiger charge is 2.32. The fourth-order valence-corrected chi connectivity index (χ4v) is 2.72. The van der Waals surface area contributed by atoms with E-state index >= 15 is 0 Å². The van der Waals surface area contributed by atoms with Crippen LogP contribution in [0.3, 0.4) is 0 Å². The molecule has 4 atom stereocenters. The van der Waals surface area contributed by atoms with Gasteiger partial charge in [-0.2, -0.15) is 12.6 Å². The fraction of sp³-hybridized carbons (Fsp3) is 0.667. The van der Waals surface area contributed by atoms with Crippen LogP contribution in [-0.4, -0.2) is 82.3 Å². The first kappa shape index (κ1) is 29.9. The van der Waals surface area contributed by atoms with Gasteiger partial charge in [-0.1, -0.05) is 13.8 Å². The zero-order valence-corrected chi connectivity index (χ0v) is 19.4. The largest absolute Gasteiger partial charge is 0.481 e. The third-order valence-corrected chi connectivity index (χ3v) is 4.75. The van der Waals surface area contributed by atoms with Crippen molar-refractivity contribution in [1.29, 1.82) is 0 Å². The highest BCUT2D eigenvalue weighted by molar-refractivity contribution is 7.80. The Morgan fingerprint density at radius 3 is 1.97 bits per heavy atom. The Balaban J connectivity index is 5.37. The van der Waals surface area contributed by atoms with Gasteiger partial charge in [-0.05, 0) is 18.8 Å². The summed E-state index contributed by atoms with van der Waals surface area (Å²) < 4.78 is 0. The van der Waals surface area contributed by atoms with Crippen molar-refractivity contribution in [1.82, 2.24) is 16.0 Å². The maximum absolute atomic E-state index is 12.7. The number of aliphatic imine (C=N–C) groups is 1. The number of aliphatic carboxylic acids is 2. The maximum Gasteiger partial charge on any atom is 0.326 e. The summed E-state index contributed by atoms with van der Waals surface area (Å²) in [6, 6.07) is -5.06. The molecule has 0 aliphatic heterocycles. The Labute approximate surface area is 196 Å². The molecule has 0 aliphatic carbocycles. The molecule has 0 fully saturated rings. The summed E-state index contributed by atoms with van der Waals surface area (Å²) in [5.74, 6) is -5.83. The number of carboxylic acids is 2. The predicted molar refractivity (Wildman–Crippen MR) is 122 cm³/mol. The molecule has 188 valence electrons. The highest BCUT2D eigenvalue weighted by Crippen LogP contribution is 2.06. The van der Waals surface area contributed by atoms with Crippen molar-refractivity contribution in [2.45, 2.75) is 57.3 Å². The molecule has 0 heterocycles. The highest BCUT2D eigenvalue weighted by atomic mass is 32.1. The summed E-state index contributed by atoms with van der Waals surface area (Å²) in [5.41, 5.74) is 16.0. The van der Waals surface area contributed by atoms with E-state index in [0.29, 0.717) is 0 Å². The molecular formula is C18H33N7O7S. The smallest absolute Gasteiger partial charge is 0.326 e. The fourth-order valence-electron chi connectivity index (χ4n) is 2.56. The van der Waals surface area contributed by atoms with Crippen LogP contribution in [0.25, 0.3) is 0 Å². The molecule has 0 spiro atoms. The average Bonchev–Trinajstić information content (AvgIpc) is 2.71. The number of guanidine groups is 1. The molecule has 15 heteroatoms. The number of amides is 3. The van der Waals surface area contributed by atoms with Crippen LogP contribution in [0.1, 0.15) is 33.1 Å². The van der Waals surface area contributed by atoms with Crippen LogP contribution >= 0.6 is 12.6 Å². The van der Waals surface area contributed by atoms with E-state index in [9.17, 15) is 29.1 Å². The van der Waals surface area contributed by atoms with Crippen LogP contribution in [0, 0.1) is 5.92 Å². The Hall–Kier alpha value is -3.07. The van der Waals surface area contributed by atoms with E-state index in [1.54, 1.807) is 13.8 Å². The molecule has 0 aromatic rings. The van der Waals surface area contributed by atoms with Crippen LogP contribution in [0.15, 0.2) is 4.99 Å². The molecule has 33 heavy (non-hydrogen) atoms. The van der Waals surface area contributed by atoms with E-state index in [0.717, 1.165) is 0 Å². The Bertz CT molecular complexity index is 744. The first-order chi connectivity index (χ1) is 15.3. The van der Waals surface area contributed by atoms with E-state index in [-0.39, 0.29) is 31.1 Å². The van der Waals surface area contributed by atoms with E-state index in [2.05, 4.69) is 33.6 Å². The number of nitrogens with zero attached hydrogens (tertiary/aromatic N) is 1. The molecule has 0 saturated heterocycles. The van der Waals surface area contributed by atoms with E-state index in [1.807, 2.05) is 0 Å². The molecule has 3 amide bonds. The summed E-state index contributed by atoms with van der Waals surface area (Å²) in [6.07, 6.45) is -0.636. The van der Waals surface area contributed by atoms with Crippen LogP contribution < -0.4 is 33.2 Å². The first-order valence-electron chi connectivity index (χ1n) is 10.1. The summed E-state index contributed by atoms with van der Waals surface area (Å²) in [6.45, 7) is 3.38. The molecular weight excluding hydrogens is 458 g/mol. The SMILES string of the molecule is CC(C)C(NC(=O)C(N)CS)C(=O)NC(CC(=O)O)C(=O)NC(CCCN=C(N)N)C(=O)O. The van der Waals surface area contributed by atoms with Gasteiger partial charge in [0.1, 0.15) is 18.1 Å². The summed E-state index contributed by atoms with van der Waals surface area (Å²) >= 11 is 3.92. The number of hydrogen-bond donors (Lipinski definition) is 9. The van der Waals surface area contributed by atoms with Gasteiger partial charge in [0.05, 0.1) is 12.5 Å². The molecule has 0 aromatic heterocycles. The van der Waals surface area contributed by atoms with E-state index in [1.165, 1.54) is 0 Å². The number of nitrogens with one attached hydrogen (secondary N) is 3. The number of carbonyl (C=O) groups excluding carboxylic acids is 3. The Kier molecular flexibility index (Phi) is 13.5. The minimum absolute atomic E-state index is 0.0298. The third kappa shape index (κ3) is 11.9. The van der Waals surface area contributed by atoms with Gasteiger partial charge in [-0.15, -0.1) is 0 Å². The van der Waals surface area contributed by atoms with Gasteiger partial charge < -0.3 is 43.4 Å². The minimum Gasteiger partial charge on any atom is -0.481 e. The van der Waals surface area contributed by atoms with Gasteiger partial charge in [0.15, 0.2) is 5.96 Å². The number of carbonyl (C=O) groups is 5. The molecule has 11 N–H and O–H groups in total. The van der Waals surface area contributed by atoms with Crippen molar-refractivity contribution in [3.63, 3.8) is 0 Å². The minimum atomic E-state index is -1.59. The van der Waals surface area contributed by atoms with Crippen LogP contribution in [0.5, 0.6) is 0 Å². The van der Waals surface area contributed by atoms with Gasteiger partial charge in [0.25, 0.3) is 0 Å². The average molecular weight is 492 g/mol. The molecule has 4 unspecified atom stereocenters. The molecule has 0 radical (unpaired) electrons. The zero-order valence-electron chi connectivity index (χ0n) is 18.5. The molecule has 0 aliphatic rings. The van der Waals surface area contributed by atoms with Crippen LogP contribution in [0.4, 0.5) is 0 Å². The molecule has 0 rings (SSSR count). The first-order valence-corrected chi connectivity index (χ1v) is 10.7. The summed E-state index contributed by atoms with van der Waals surface area (Å²) in [7, 11) is 0. The quantitative estimate of drug-likeness (QED) is 0.0484. The zero-order chi connectivity index (χ0) is 25.7. The van der Waals surface area contributed by atoms with Gasteiger partial charge >= 0.3 is 11.9 Å². The van der Waals surface area contributed by atoms with Crippen molar-refractivity contribution < 1.29 is 34.2 Å². The van der Waals surface area contributed by atoms with E-state index in [4.69, 9.17) is 22.3 Å². The van der Waals surface area contributed by atoms with Crippen molar-refractivity contribution in [2.24, 2.45) is 28.1 Å². The molecule has 0 saturated carbocycles. The van der Waals surface area contributed by atoms with Crippen molar-refractivity contribution in [2.75, 3.05) is 12.3 Å². The van der Waals surface area contributed by atoms with Gasteiger partial charge in [0.2, 0.25) is 17.7 Å². The summed E-state index contributed by atoms with van der Waals surface area (Å²) in [4.78, 5) is 63.8. The lowest BCUT2D eigenvalue weighted by Gasteiger charge is -2.26. The third-order valence-electron chi connectivity index (χ3n) is 4.35. The predicted octanol–water partition coefficient (Wildman–Crippen LogP) is -3.03. The van der Waals surface area contributed by atoms with Crippen molar-refractivity contribution in [3.05, 3.63) is 0 Å². The summed E-state index contributed by atoms with van der Waals surface area (Å²) in [5, 5.41) is 25.4. The number of nitrogens with two attached hydrogens (primary N) is 3. The van der Waals surface area contributed by atoms with Gasteiger partial charge in [-0.3, -0.25) is 24.2 Å². The van der Waals surface area contributed by atoms with Gasteiger partial charge in [0, 0.05) is 12.3 Å². The van der Waals surface area contributed by atoms with Crippen LogP contribution in [0.2, 0.25) is 0 Å². The number of thiol groups is 1. The van der Waals surface area contributed by atoms with Gasteiger partial charge in [-0.25, -0.2) is 4.79 Å². The lowest BCUT2D eigenvalue weighted by Crippen LogP contribution is -2.58. The monoisotopic (exact) mass is 491 g/mol. The normalized spacial score (nSPS) is 14.3. The number of hydrogen-bond acceptors (Lipinski definition) is 8. The van der Waals surface area contributed by atoms with Crippen LogP contribution in [-0.2, 0) is 24.0 Å². The molecule has 0 aromatic carbocycles. The Morgan fingerprint density at radius 1 is 0.939 bits per heavy atom. The standard InChI is InChI=1S/C18H33N7O7S/c1-8(2)13(25-14(28)9(19)7-33)16(30)24-11(6-12(26)27)15(29)23-10(17(31)32)4-3-5-22-18(20)21/h8-11,13,33H,3-7,19H2,1-2H3,(H,23,29)(H,24,30)(H,25,28)(H,26,27)(H,31,32)(H4,20,21,22). The topological polar surface area (TPSA) is 252 Å². The molecule has 0 bridgehead atoms. The number of rotatable bonds is 15. The lowest BCUT2D eigenvalue weighted by atomic mass is 10.0. The van der Waals surface area contributed by atoms with E-state index < -0.39 is 66.2 Å². The maximum atomic E-state index is 12.7. The number of carboxylic acid groups (broad SMARTS) is 2. The second-order valence-electron chi connectivity index (χ2n) is 7.53. The van der Waals surface area contributed by atoms with Crippen molar-refractivity contribution in [3.8, 4) is 0 Å². The Morgan fingerprint density at radius 2 is 1.52 bits per heavy atom. The second-order valence-corrected chi connectivity index (χ2v) is 7.89. The lowest BCUT2D eigenvalue weighted by molar-refractivity contribution is -0.144. The molecule has 14 nitrogen and oxygen atoms in total.